The molecule has 1 saturated heterocycles. The molecule has 2 aromatic rings. The number of benzene rings is 2. The van der Waals surface area contributed by atoms with E-state index in [2.05, 4.69) is 72.9 Å². The number of nitrogens with one attached hydrogen (secondary N) is 1. The lowest BCUT2D eigenvalue weighted by atomic mass is 9.74. The van der Waals surface area contributed by atoms with E-state index in [1.807, 2.05) is 0 Å². The maximum Gasteiger partial charge on any atom is 0.0797 e. The van der Waals surface area contributed by atoms with Gasteiger partial charge in [0.2, 0.25) is 0 Å². The Morgan fingerprint density at radius 3 is 2.18 bits per heavy atom. The summed E-state index contributed by atoms with van der Waals surface area (Å²) in [5, 5.41) is 3.47. The molecule has 0 spiro atoms. The normalized spacial score (nSPS) is 18.8. The highest BCUT2D eigenvalue weighted by molar-refractivity contribution is 5.26. The molecule has 0 aliphatic carbocycles. The van der Waals surface area contributed by atoms with Crippen LogP contribution < -0.4 is 5.32 Å². The van der Waals surface area contributed by atoms with Crippen LogP contribution in [-0.2, 0) is 10.2 Å². The lowest BCUT2D eigenvalue weighted by Crippen LogP contribution is -2.43. The zero-order valence-corrected chi connectivity index (χ0v) is 13.3. The first kappa shape index (κ1) is 15.3. The van der Waals surface area contributed by atoms with Gasteiger partial charge in [0.15, 0.2) is 0 Å². The van der Waals surface area contributed by atoms with Crippen molar-refractivity contribution in [3.63, 3.8) is 0 Å². The van der Waals surface area contributed by atoms with Gasteiger partial charge in [-0.15, -0.1) is 0 Å². The van der Waals surface area contributed by atoms with Gasteiger partial charge in [0, 0.05) is 5.41 Å². The van der Waals surface area contributed by atoms with Gasteiger partial charge in [0.25, 0.3) is 0 Å². The summed E-state index contributed by atoms with van der Waals surface area (Å²) in [5.41, 5.74) is 2.81. The zero-order valence-electron chi connectivity index (χ0n) is 13.3. The molecule has 1 heterocycles. The summed E-state index contributed by atoms with van der Waals surface area (Å²) >= 11 is 0. The van der Waals surface area contributed by atoms with E-state index in [-0.39, 0.29) is 11.5 Å². The van der Waals surface area contributed by atoms with Gasteiger partial charge >= 0.3 is 0 Å². The second kappa shape index (κ2) is 7.08. The number of hydrogen-bond donors (Lipinski definition) is 1. The summed E-state index contributed by atoms with van der Waals surface area (Å²) in [4.78, 5) is 0. The van der Waals surface area contributed by atoms with E-state index in [4.69, 9.17) is 4.74 Å². The third-order valence-corrected chi connectivity index (χ3v) is 4.83. The van der Waals surface area contributed by atoms with Crippen LogP contribution in [0.5, 0.6) is 0 Å². The van der Waals surface area contributed by atoms with Crippen LogP contribution in [0.3, 0.4) is 0 Å². The van der Waals surface area contributed by atoms with Crippen LogP contribution >= 0.6 is 0 Å². The highest BCUT2D eigenvalue weighted by atomic mass is 16.5. The van der Waals surface area contributed by atoms with Crippen molar-refractivity contribution < 1.29 is 4.74 Å². The Bertz CT molecular complexity index is 561. The molecule has 2 nitrogen and oxygen atoms in total. The zero-order chi connectivity index (χ0) is 15.3. The predicted octanol–water partition coefficient (Wildman–Crippen LogP) is 4.09. The molecule has 1 aliphatic heterocycles. The van der Waals surface area contributed by atoms with E-state index in [0.717, 1.165) is 32.5 Å². The highest BCUT2D eigenvalue weighted by Crippen LogP contribution is 2.35. The van der Waals surface area contributed by atoms with E-state index >= 15 is 0 Å². The van der Waals surface area contributed by atoms with Crippen LogP contribution in [0.25, 0.3) is 0 Å². The topological polar surface area (TPSA) is 21.3 Å². The van der Waals surface area contributed by atoms with Crippen molar-refractivity contribution in [2.45, 2.75) is 31.3 Å². The standard InChI is InChI=1S/C20H25NO/c1-17(18-8-4-2-5-9-18)22-16-20(12-14-21-15-13-20)19-10-6-3-7-11-19/h2-11,17,21H,12-16H2,1H3. The van der Waals surface area contributed by atoms with E-state index in [0.29, 0.717) is 0 Å². The van der Waals surface area contributed by atoms with Gasteiger partial charge in [0.05, 0.1) is 12.7 Å². The molecule has 0 amide bonds. The van der Waals surface area contributed by atoms with Crippen molar-refractivity contribution in [2.75, 3.05) is 19.7 Å². The molecular formula is C20H25NO. The number of piperidine rings is 1. The Morgan fingerprint density at radius 1 is 0.955 bits per heavy atom. The summed E-state index contributed by atoms with van der Waals surface area (Å²) in [6, 6.07) is 21.4. The predicted molar refractivity (Wildman–Crippen MR) is 91.0 cm³/mol. The first-order chi connectivity index (χ1) is 10.8. The Labute approximate surface area is 133 Å². The average molecular weight is 295 g/mol. The van der Waals surface area contributed by atoms with Gasteiger partial charge in [-0.2, -0.15) is 0 Å². The minimum atomic E-state index is 0.136. The molecule has 1 fully saturated rings. The van der Waals surface area contributed by atoms with E-state index in [1.165, 1.54) is 11.1 Å². The van der Waals surface area contributed by atoms with E-state index in [9.17, 15) is 0 Å². The van der Waals surface area contributed by atoms with Crippen molar-refractivity contribution in [1.82, 2.24) is 5.32 Å². The fourth-order valence-corrected chi connectivity index (χ4v) is 3.32. The summed E-state index contributed by atoms with van der Waals surface area (Å²) in [6.45, 7) is 5.07. The van der Waals surface area contributed by atoms with Gasteiger partial charge in [-0.1, -0.05) is 60.7 Å². The summed E-state index contributed by atoms with van der Waals surface area (Å²) < 4.78 is 6.30. The molecular weight excluding hydrogens is 270 g/mol. The van der Waals surface area contributed by atoms with Crippen LogP contribution in [0.2, 0.25) is 0 Å². The maximum atomic E-state index is 6.30. The molecule has 2 heteroatoms. The molecule has 0 saturated carbocycles. The number of rotatable bonds is 5. The Kier molecular flexibility index (Phi) is 4.91. The van der Waals surface area contributed by atoms with Crippen LogP contribution in [-0.4, -0.2) is 19.7 Å². The minimum absolute atomic E-state index is 0.136. The van der Waals surface area contributed by atoms with Crippen molar-refractivity contribution in [2.24, 2.45) is 0 Å². The van der Waals surface area contributed by atoms with Crippen LogP contribution in [0, 0.1) is 0 Å². The summed E-state index contributed by atoms with van der Waals surface area (Å²) in [6.07, 6.45) is 2.41. The molecule has 1 aliphatic rings. The molecule has 0 radical (unpaired) electrons. The number of hydrogen-bond acceptors (Lipinski definition) is 2. The molecule has 3 rings (SSSR count). The van der Waals surface area contributed by atoms with Gasteiger partial charge in [-0.05, 0) is 44.0 Å². The summed E-state index contributed by atoms with van der Waals surface area (Å²) in [5.74, 6) is 0. The van der Waals surface area contributed by atoms with Crippen LogP contribution in [0.1, 0.15) is 37.0 Å². The Morgan fingerprint density at radius 2 is 1.55 bits per heavy atom. The molecule has 1 N–H and O–H groups in total. The van der Waals surface area contributed by atoms with E-state index in [1.54, 1.807) is 0 Å². The third-order valence-electron chi connectivity index (χ3n) is 4.83. The monoisotopic (exact) mass is 295 g/mol. The molecule has 2 aromatic carbocycles. The lowest BCUT2D eigenvalue weighted by Gasteiger charge is -2.38. The van der Waals surface area contributed by atoms with Crippen LogP contribution in [0.15, 0.2) is 60.7 Å². The third kappa shape index (κ3) is 3.40. The minimum Gasteiger partial charge on any atom is -0.373 e. The lowest BCUT2D eigenvalue weighted by molar-refractivity contribution is 0.0166. The SMILES string of the molecule is CC(OCC1(c2ccccc2)CCNCC1)c1ccccc1. The fraction of sp³-hybridized carbons (Fsp3) is 0.400. The van der Waals surface area contributed by atoms with Gasteiger partial charge in [-0.3, -0.25) is 0 Å². The molecule has 1 unspecified atom stereocenters. The number of ether oxygens (including phenoxy) is 1. The second-order valence-corrected chi connectivity index (χ2v) is 6.26. The first-order valence-electron chi connectivity index (χ1n) is 8.23. The molecule has 22 heavy (non-hydrogen) atoms. The average Bonchev–Trinajstić information content (AvgIpc) is 2.62. The molecule has 0 aromatic heterocycles. The Balaban J connectivity index is 1.74. The summed E-state index contributed by atoms with van der Waals surface area (Å²) in [7, 11) is 0. The van der Waals surface area contributed by atoms with Gasteiger partial charge in [-0.25, -0.2) is 0 Å². The van der Waals surface area contributed by atoms with Crippen molar-refractivity contribution >= 4 is 0 Å². The van der Waals surface area contributed by atoms with Crippen LogP contribution in [0.4, 0.5) is 0 Å². The van der Waals surface area contributed by atoms with Crippen molar-refractivity contribution in [3.05, 3.63) is 71.8 Å². The smallest absolute Gasteiger partial charge is 0.0797 e. The van der Waals surface area contributed by atoms with Gasteiger partial charge in [0.1, 0.15) is 0 Å². The molecule has 0 bridgehead atoms. The molecule has 1 atom stereocenters. The second-order valence-electron chi connectivity index (χ2n) is 6.26. The maximum absolute atomic E-state index is 6.30. The fourth-order valence-electron chi connectivity index (χ4n) is 3.32. The molecule has 116 valence electrons. The van der Waals surface area contributed by atoms with Crippen molar-refractivity contribution in [3.8, 4) is 0 Å². The van der Waals surface area contributed by atoms with E-state index < -0.39 is 0 Å². The quantitative estimate of drug-likeness (QED) is 0.897. The van der Waals surface area contributed by atoms with Crippen molar-refractivity contribution in [1.29, 1.82) is 0 Å². The Hall–Kier alpha value is -1.64. The largest absolute Gasteiger partial charge is 0.373 e. The highest BCUT2D eigenvalue weighted by Gasteiger charge is 2.34. The van der Waals surface area contributed by atoms with Gasteiger partial charge < -0.3 is 10.1 Å². The first-order valence-corrected chi connectivity index (χ1v) is 8.23.